The molecule has 0 saturated carbocycles. The van der Waals surface area contributed by atoms with Crippen molar-refractivity contribution in [3.05, 3.63) is 108 Å². The molecule has 0 fully saturated rings. The Morgan fingerprint density at radius 3 is 1.55 bits per heavy atom. The van der Waals surface area contributed by atoms with E-state index in [0.29, 0.717) is 44.3 Å². The molecule has 1 aliphatic rings. The molecule has 0 N–H and O–H groups in total. The first kappa shape index (κ1) is 44.7. The van der Waals surface area contributed by atoms with E-state index in [1.54, 1.807) is 54.6 Å². The zero-order valence-corrected chi connectivity index (χ0v) is 32.3. The average Bonchev–Trinajstić information content (AvgIpc) is 3.22. The molecule has 0 radical (unpaired) electrons. The highest BCUT2D eigenvalue weighted by molar-refractivity contribution is 5.94. The lowest BCUT2D eigenvalue weighted by Crippen LogP contribution is -2.28. The quantitative estimate of drug-likeness (QED) is 0.0371. The Balaban J connectivity index is 1.49. The van der Waals surface area contributed by atoms with Crippen molar-refractivity contribution in [2.75, 3.05) is 33.0 Å². The second-order valence-corrected chi connectivity index (χ2v) is 12.9. The van der Waals surface area contributed by atoms with Crippen LogP contribution in [0.1, 0.15) is 105 Å². The molecule has 1 aliphatic carbocycles. The molecule has 3 rings (SSSR count). The van der Waals surface area contributed by atoms with Crippen LogP contribution in [0.4, 0.5) is 0 Å². The molecule has 2 aromatic rings. The third kappa shape index (κ3) is 17.2. The predicted octanol–water partition coefficient (Wildman–Crippen LogP) is 8.35. The van der Waals surface area contributed by atoms with Gasteiger partial charge >= 0.3 is 29.8 Å². The number of carbonyl (C=O) groups is 5. The summed E-state index contributed by atoms with van der Waals surface area (Å²) in [7, 11) is 0. The topological polar surface area (TPSA) is 150 Å². The fourth-order valence-corrected chi connectivity index (χ4v) is 5.33. The lowest BCUT2D eigenvalue weighted by atomic mass is 10.00. The number of allylic oxidation sites excluding steroid dienone is 1. The van der Waals surface area contributed by atoms with Gasteiger partial charge in [-0.3, -0.25) is 0 Å². The number of carbonyl (C=O) groups excluding carboxylic acids is 5. The standard InChI is InChI=1S/C44H54O12/c1-4-7-12-31-54-44(49)38-32-37(55-42(47)33-17-21-35(22-18-33)50-27-13-8-10-15-29-52-40(45)5-2)25-26-39(38)56-43(48)34-19-23-36(24-20-34)51-28-14-9-11-16-30-53-41(46)6-3/h5-6,17-25,32,39H,2-4,7-16,26-31H2,1H3. The van der Waals surface area contributed by atoms with Crippen molar-refractivity contribution < 1.29 is 57.1 Å². The predicted molar refractivity (Wildman–Crippen MR) is 209 cm³/mol. The van der Waals surface area contributed by atoms with Gasteiger partial charge in [0.25, 0.3) is 0 Å². The third-order valence-electron chi connectivity index (χ3n) is 8.47. The molecule has 0 aromatic heterocycles. The summed E-state index contributed by atoms with van der Waals surface area (Å²) >= 11 is 0. The van der Waals surface area contributed by atoms with Crippen molar-refractivity contribution in [1.82, 2.24) is 0 Å². The SMILES string of the molecule is C=CC(=O)OCCCCCCOc1ccc(C(=O)OC2=CCC(OC(=O)c3ccc(OCCCCCCOC(=O)C=C)cc3)C(C(=O)OCCCCC)=C2)cc1. The van der Waals surface area contributed by atoms with E-state index >= 15 is 0 Å². The van der Waals surface area contributed by atoms with Gasteiger partial charge in [-0.25, -0.2) is 24.0 Å². The maximum Gasteiger partial charge on any atom is 0.343 e. The Bertz CT molecular complexity index is 1640. The first-order valence-corrected chi connectivity index (χ1v) is 19.3. The van der Waals surface area contributed by atoms with Crippen LogP contribution in [-0.2, 0) is 38.1 Å². The fraction of sp³-hybridized carbons (Fsp3) is 0.432. The number of hydrogen-bond acceptors (Lipinski definition) is 12. The highest BCUT2D eigenvalue weighted by Gasteiger charge is 2.30. The third-order valence-corrected chi connectivity index (χ3v) is 8.47. The summed E-state index contributed by atoms with van der Waals surface area (Å²) in [6.07, 6.45) is 13.7. The molecule has 0 bridgehead atoms. The summed E-state index contributed by atoms with van der Waals surface area (Å²) in [5, 5.41) is 0. The van der Waals surface area contributed by atoms with Crippen LogP contribution in [0.3, 0.4) is 0 Å². The highest BCUT2D eigenvalue weighted by Crippen LogP contribution is 2.26. The van der Waals surface area contributed by atoms with E-state index in [9.17, 15) is 24.0 Å². The van der Waals surface area contributed by atoms with Gasteiger partial charge in [-0.05, 0) is 118 Å². The van der Waals surface area contributed by atoms with E-state index in [1.165, 1.54) is 6.08 Å². The molecule has 12 heteroatoms. The Kier molecular flexibility index (Phi) is 20.9. The minimum absolute atomic E-state index is 0.0699. The van der Waals surface area contributed by atoms with Crippen LogP contribution in [0.25, 0.3) is 0 Å². The Hall–Kier alpha value is -5.65. The summed E-state index contributed by atoms with van der Waals surface area (Å²) in [4.78, 5) is 61.5. The summed E-state index contributed by atoms with van der Waals surface area (Å²) in [5.41, 5.74) is 0.633. The van der Waals surface area contributed by atoms with E-state index in [-0.39, 0.29) is 35.5 Å². The van der Waals surface area contributed by atoms with Crippen LogP contribution in [0.5, 0.6) is 11.5 Å². The lowest BCUT2D eigenvalue weighted by molar-refractivity contribution is -0.140. The Labute approximate surface area is 329 Å². The molecular weight excluding hydrogens is 720 g/mol. The molecule has 302 valence electrons. The second-order valence-electron chi connectivity index (χ2n) is 12.9. The van der Waals surface area contributed by atoms with Crippen molar-refractivity contribution in [3.8, 4) is 11.5 Å². The van der Waals surface area contributed by atoms with Crippen LogP contribution in [0.2, 0.25) is 0 Å². The lowest BCUT2D eigenvalue weighted by Gasteiger charge is -2.23. The van der Waals surface area contributed by atoms with Crippen molar-refractivity contribution in [2.45, 2.75) is 90.1 Å². The number of hydrogen-bond donors (Lipinski definition) is 0. The molecule has 12 nitrogen and oxygen atoms in total. The largest absolute Gasteiger partial charge is 0.494 e. The van der Waals surface area contributed by atoms with Gasteiger partial charge in [-0.2, -0.15) is 0 Å². The molecule has 0 amide bonds. The summed E-state index contributed by atoms with van der Waals surface area (Å²) in [6, 6.07) is 13.1. The summed E-state index contributed by atoms with van der Waals surface area (Å²) in [5.74, 6) is -1.41. The van der Waals surface area contributed by atoms with Crippen LogP contribution in [0.15, 0.2) is 97.3 Å². The van der Waals surface area contributed by atoms with Crippen molar-refractivity contribution in [1.29, 1.82) is 0 Å². The Morgan fingerprint density at radius 1 is 0.589 bits per heavy atom. The number of esters is 5. The van der Waals surface area contributed by atoms with Gasteiger partial charge in [-0.15, -0.1) is 0 Å². The van der Waals surface area contributed by atoms with Crippen molar-refractivity contribution in [2.24, 2.45) is 0 Å². The van der Waals surface area contributed by atoms with E-state index in [0.717, 1.165) is 76.4 Å². The smallest absolute Gasteiger partial charge is 0.343 e. The number of unbranched alkanes of at least 4 members (excludes halogenated alkanes) is 8. The maximum absolute atomic E-state index is 13.2. The molecule has 0 heterocycles. The molecule has 1 atom stereocenters. The van der Waals surface area contributed by atoms with Crippen molar-refractivity contribution in [3.63, 3.8) is 0 Å². The van der Waals surface area contributed by atoms with Gasteiger partial charge in [0.15, 0.2) is 0 Å². The van der Waals surface area contributed by atoms with Gasteiger partial charge in [-0.1, -0.05) is 32.9 Å². The van der Waals surface area contributed by atoms with Gasteiger partial charge in [0.2, 0.25) is 0 Å². The highest BCUT2D eigenvalue weighted by atomic mass is 16.6. The van der Waals surface area contributed by atoms with E-state index in [4.69, 9.17) is 33.2 Å². The first-order chi connectivity index (χ1) is 27.2. The van der Waals surface area contributed by atoms with Gasteiger partial charge in [0.05, 0.1) is 49.7 Å². The van der Waals surface area contributed by atoms with Crippen LogP contribution >= 0.6 is 0 Å². The normalized spacial score (nSPS) is 13.3. The summed E-state index contributed by atoms with van der Waals surface area (Å²) in [6.45, 7) is 10.7. The second kappa shape index (κ2) is 26.2. The molecular formula is C44H54O12. The molecule has 0 saturated heterocycles. The minimum Gasteiger partial charge on any atom is -0.494 e. The Morgan fingerprint density at radius 2 is 1.05 bits per heavy atom. The fourth-order valence-electron chi connectivity index (χ4n) is 5.33. The first-order valence-electron chi connectivity index (χ1n) is 19.3. The molecule has 56 heavy (non-hydrogen) atoms. The monoisotopic (exact) mass is 774 g/mol. The maximum atomic E-state index is 13.2. The van der Waals surface area contributed by atoms with Gasteiger partial charge in [0, 0.05) is 18.6 Å². The van der Waals surface area contributed by atoms with Gasteiger partial charge in [0.1, 0.15) is 23.4 Å². The molecule has 0 spiro atoms. The van der Waals surface area contributed by atoms with Crippen molar-refractivity contribution >= 4 is 29.8 Å². The molecule has 0 aliphatic heterocycles. The van der Waals surface area contributed by atoms with E-state index < -0.39 is 36.0 Å². The number of ether oxygens (including phenoxy) is 7. The van der Waals surface area contributed by atoms with Crippen LogP contribution in [-0.4, -0.2) is 69.0 Å². The summed E-state index contributed by atoms with van der Waals surface area (Å²) < 4.78 is 38.4. The zero-order valence-electron chi connectivity index (χ0n) is 32.3. The number of benzene rings is 2. The van der Waals surface area contributed by atoms with Gasteiger partial charge < -0.3 is 33.2 Å². The molecule has 2 aromatic carbocycles. The van der Waals surface area contributed by atoms with Crippen LogP contribution in [0, 0.1) is 0 Å². The molecule has 1 unspecified atom stereocenters. The average molecular weight is 775 g/mol. The van der Waals surface area contributed by atoms with E-state index in [2.05, 4.69) is 13.2 Å². The minimum atomic E-state index is -0.953. The number of rotatable bonds is 27. The van der Waals surface area contributed by atoms with Crippen LogP contribution < -0.4 is 9.47 Å². The zero-order chi connectivity index (χ0) is 40.4. The van der Waals surface area contributed by atoms with E-state index in [1.807, 2.05) is 6.92 Å².